The summed E-state index contributed by atoms with van der Waals surface area (Å²) in [5.41, 5.74) is 2.06. The van der Waals surface area contributed by atoms with E-state index >= 15 is 0 Å². The number of carbonyl (C=O) groups is 2. The minimum absolute atomic E-state index is 0.280. The fraction of sp³-hybridized carbons (Fsp3) is 0.320. The molecule has 0 saturated carbocycles. The molecule has 1 aliphatic heterocycles. The summed E-state index contributed by atoms with van der Waals surface area (Å²) in [4.78, 5) is 29.8. The number of benzene rings is 2. The monoisotopic (exact) mass is 486 g/mol. The van der Waals surface area contributed by atoms with Gasteiger partial charge in [-0.25, -0.2) is 9.78 Å². The number of esters is 1. The van der Waals surface area contributed by atoms with Crippen LogP contribution in [0.25, 0.3) is 22.2 Å². The number of pyridine rings is 1. The largest absolute Gasteiger partial charge is 0.467 e. The van der Waals surface area contributed by atoms with Crippen LogP contribution in [0.5, 0.6) is 0 Å². The molecule has 2 atom stereocenters. The number of nitrogens with one attached hydrogen (secondary N) is 1. The third kappa shape index (κ3) is 4.98. The van der Waals surface area contributed by atoms with E-state index in [1.54, 1.807) is 25.1 Å². The van der Waals surface area contributed by atoms with Crippen LogP contribution >= 0.6 is 23.2 Å². The first-order chi connectivity index (χ1) is 15.8. The molecule has 2 heterocycles. The van der Waals surface area contributed by atoms with Crippen molar-refractivity contribution in [1.82, 2.24) is 10.3 Å². The Morgan fingerprint density at radius 2 is 1.94 bits per heavy atom. The quantitative estimate of drug-likeness (QED) is 0.497. The number of rotatable bonds is 6. The van der Waals surface area contributed by atoms with Crippen molar-refractivity contribution in [3.05, 3.63) is 64.1 Å². The van der Waals surface area contributed by atoms with E-state index in [2.05, 4.69) is 5.32 Å². The lowest BCUT2D eigenvalue weighted by Crippen LogP contribution is -2.51. The maximum atomic E-state index is 12.8. The van der Waals surface area contributed by atoms with Gasteiger partial charge < -0.3 is 14.8 Å². The highest BCUT2D eigenvalue weighted by atomic mass is 35.5. The van der Waals surface area contributed by atoms with E-state index in [-0.39, 0.29) is 12.3 Å². The topological polar surface area (TPSA) is 77.5 Å². The van der Waals surface area contributed by atoms with Gasteiger partial charge >= 0.3 is 5.97 Å². The number of nitrogens with zero attached hydrogens (tertiary/aromatic N) is 1. The van der Waals surface area contributed by atoms with Gasteiger partial charge in [0.1, 0.15) is 11.6 Å². The highest BCUT2D eigenvalue weighted by molar-refractivity contribution is 6.39. The fourth-order valence-corrected chi connectivity index (χ4v) is 4.62. The summed E-state index contributed by atoms with van der Waals surface area (Å²) in [5, 5.41) is 4.76. The van der Waals surface area contributed by atoms with Gasteiger partial charge in [0.25, 0.3) is 5.91 Å². The van der Waals surface area contributed by atoms with E-state index in [1.807, 2.05) is 30.3 Å². The zero-order valence-corrected chi connectivity index (χ0v) is 19.9. The van der Waals surface area contributed by atoms with Crippen LogP contribution in [0.3, 0.4) is 0 Å². The van der Waals surface area contributed by atoms with Gasteiger partial charge in [0.2, 0.25) is 0 Å². The molecule has 33 heavy (non-hydrogen) atoms. The number of carbonyl (C=O) groups excluding carboxylic acids is 2. The molecule has 4 rings (SSSR count). The molecule has 1 aromatic heterocycles. The van der Waals surface area contributed by atoms with Crippen LogP contribution in [0.4, 0.5) is 0 Å². The van der Waals surface area contributed by atoms with E-state index in [1.165, 1.54) is 7.11 Å². The lowest BCUT2D eigenvalue weighted by molar-refractivity contribution is -0.149. The van der Waals surface area contributed by atoms with Crippen molar-refractivity contribution in [2.75, 3.05) is 13.7 Å². The number of halogens is 2. The van der Waals surface area contributed by atoms with Gasteiger partial charge in [0, 0.05) is 24.0 Å². The van der Waals surface area contributed by atoms with Crippen LogP contribution < -0.4 is 5.32 Å². The first-order valence-electron chi connectivity index (χ1n) is 10.7. The maximum absolute atomic E-state index is 12.8. The van der Waals surface area contributed by atoms with Crippen molar-refractivity contribution in [3.63, 3.8) is 0 Å². The molecule has 8 heteroatoms. The summed E-state index contributed by atoms with van der Waals surface area (Å²) in [5.74, 6) is -0.814. The lowest BCUT2D eigenvalue weighted by atomic mass is 9.99. The number of methoxy groups -OCH3 is 1. The van der Waals surface area contributed by atoms with Crippen LogP contribution in [-0.2, 0) is 25.5 Å². The number of amides is 1. The number of aromatic nitrogens is 1. The zero-order chi connectivity index (χ0) is 23.6. The number of hydrogen-bond acceptors (Lipinski definition) is 5. The predicted molar refractivity (Wildman–Crippen MR) is 128 cm³/mol. The number of hydrogen-bond donors (Lipinski definition) is 1. The van der Waals surface area contributed by atoms with Crippen molar-refractivity contribution in [1.29, 1.82) is 0 Å². The Kier molecular flexibility index (Phi) is 6.88. The van der Waals surface area contributed by atoms with E-state index in [0.29, 0.717) is 34.3 Å². The van der Waals surface area contributed by atoms with E-state index in [4.69, 9.17) is 37.7 Å². The smallest absolute Gasteiger partial charge is 0.328 e. The molecule has 1 fully saturated rings. The summed E-state index contributed by atoms with van der Waals surface area (Å²) in [6, 6.07) is 14.0. The highest BCUT2D eigenvalue weighted by Gasteiger charge is 2.39. The second kappa shape index (κ2) is 9.67. The van der Waals surface area contributed by atoms with Crippen LogP contribution in [-0.4, -0.2) is 42.2 Å². The lowest BCUT2D eigenvalue weighted by Gasteiger charge is -2.25. The molecular formula is C25H24Cl2N2O4. The molecular weight excluding hydrogens is 463 g/mol. The van der Waals surface area contributed by atoms with Crippen LogP contribution in [0.1, 0.15) is 25.3 Å². The van der Waals surface area contributed by atoms with Crippen molar-refractivity contribution in [2.45, 2.75) is 37.8 Å². The molecule has 3 aromatic rings. The van der Waals surface area contributed by atoms with Crippen molar-refractivity contribution >= 4 is 46.0 Å². The average molecular weight is 487 g/mol. The summed E-state index contributed by atoms with van der Waals surface area (Å²) >= 11 is 12.7. The highest BCUT2D eigenvalue weighted by Crippen LogP contribution is 2.34. The summed E-state index contributed by atoms with van der Waals surface area (Å²) in [7, 11) is 1.31. The van der Waals surface area contributed by atoms with Crippen molar-refractivity contribution in [2.24, 2.45) is 0 Å². The summed E-state index contributed by atoms with van der Waals surface area (Å²) in [6.07, 6.45) is 1.71. The van der Waals surface area contributed by atoms with Gasteiger partial charge in [0.05, 0.1) is 28.4 Å². The minimum atomic E-state index is -0.921. The van der Waals surface area contributed by atoms with E-state index < -0.39 is 17.6 Å². The molecule has 1 aliphatic rings. The maximum Gasteiger partial charge on any atom is 0.328 e. The number of fused-ring (bicyclic) bond motifs is 1. The Bertz CT molecular complexity index is 1190. The Balaban J connectivity index is 1.58. The minimum Gasteiger partial charge on any atom is -0.467 e. The van der Waals surface area contributed by atoms with Gasteiger partial charge in [-0.2, -0.15) is 0 Å². The van der Waals surface area contributed by atoms with Crippen LogP contribution in [0.15, 0.2) is 48.5 Å². The van der Waals surface area contributed by atoms with Gasteiger partial charge in [-0.15, -0.1) is 0 Å². The first-order valence-corrected chi connectivity index (χ1v) is 11.4. The summed E-state index contributed by atoms with van der Waals surface area (Å²) < 4.78 is 10.5. The third-order valence-electron chi connectivity index (χ3n) is 5.90. The molecule has 1 amide bonds. The third-order valence-corrected chi connectivity index (χ3v) is 6.53. The molecule has 2 aromatic carbocycles. The Morgan fingerprint density at radius 3 is 2.61 bits per heavy atom. The second-order valence-electron chi connectivity index (χ2n) is 8.26. The molecule has 1 saturated heterocycles. The second-order valence-corrected chi connectivity index (χ2v) is 9.07. The molecule has 172 valence electrons. The Morgan fingerprint density at radius 1 is 1.18 bits per heavy atom. The van der Waals surface area contributed by atoms with E-state index in [0.717, 1.165) is 22.9 Å². The predicted octanol–water partition coefficient (Wildman–Crippen LogP) is 4.98. The van der Waals surface area contributed by atoms with Crippen LogP contribution in [0.2, 0.25) is 10.0 Å². The van der Waals surface area contributed by atoms with Gasteiger partial charge in [0.15, 0.2) is 0 Å². The van der Waals surface area contributed by atoms with Gasteiger partial charge in [-0.05, 0) is 55.7 Å². The first kappa shape index (κ1) is 23.5. The standard InChI is InChI=1S/C25H24Cl2N2O4/c1-25(11-4-12-33-25)24(31)29-21(23(30)32-2)14-15-7-9-19-16(13-15)8-10-20(28-19)22-17(26)5-3-6-18(22)27/h3,5-10,13,21H,4,11-12,14H2,1-2H3,(H,29,31). The fourth-order valence-electron chi connectivity index (χ4n) is 4.02. The number of ether oxygens (including phenoxy) is 2. The molecule has 0 bridgehead atoms. The zero-order valence-electron chi connectivity index (χ0n) is 18.4. The summed E-state index contributed by atoms with van der Waals surface area (Å²) in [6.45, 7) is 2.28. The Hall–Kier alpha value is -2.67. The van der Waals surface area contributed by atoms with E-state index in [9.17, 15) is 9.59 Å². The molecule has 1 N–H and O–H groups in total. The normalized spacial score (nSPS) is 18.8. The molecule has 6 nitrogen and oxygen atoms in total. The molecule has 2 unspecified atom stereocenters. The average Bonchev–Trinajstić information content (AvgIpc) is 3.25. The SMILES string of the molecule is COC(=O)C(Cc1ccc2nc(-c3c(Cl)cccc3Cl)ccc2c1)NC(=O)C1(C)CCCO1. The van der Waals surface area contributed by atoms with Crippen LogP contribution in [0, 0.1) is 0 Å². The Labute approximate surface area is 202 Å². The molecule has 0 radical (unpaired) electrons. The van der Waals surface area contributed by atoms with Gasteiger partial charge in [-0.1, -0.05) is 41.4 Å². The van der Waals surface area contributed by atoms with Gasteiger partial charge in [-0.3, -0.25) is 4.79 Å². The van der Waals surface area contributed by atoms with Crippen molar-refractivity contribution in [3.8, 4) is 11.3 Å². The molecule has 0 aliphatic carbocycles. The van der Waals surface area contributed by atoms with Crippen molar-refractivity contribution < 1.29 is 19.1 Å². The molecule has 0 spiro atoms.